The summed E-state index contributed by atoms with van der Waals surface area (Å²) >= 11 is 0. The first-order chi connectivity index (χ1) is 17.4. The molecule has 0 saturated carbocycles. The quantitative estimate of drug-likeness (QED) is 0.295. The van der Waals surface area contributed by atoms with Crippen LogP contribution in [0.5, 0.6) is 0 Å². The largest absolute Gasteiger partial charge is 0.397 e. The first kappa shape index (κ1) is 23.1. The average Bonchev–Trinajstić information content (AvgIpc) is 3.27. The Morgan fingerprint density at radius 2 is 1.58 bits per heavy atom. The predicted octanol–water partition coefficient (Wildman–Crippen LogP) is 3.50. The van der Waals surface area contributed by atoms with E-state index in [1.54, 1.807) is 24.3 Å². The average molecular weight is 481 g/mol. The number of carbonyl (C=O) groups is 1. The van der Waals surface area contributed by atoms with Crippen molar-refractivity contribution in [3.8, 4) is 0 Å². The van der Waals surface area contributed by atoms with Crippen LogP contribution in [-0.2, 0) is 19.4 Å². The molecule has 6 N–H and O–H groups in total. The molecule has 1 aromatic heterocycles. The topological polar surface area (TPSA) is 135 Å². The summed E-state index contributed by atoms with van der Waals surface area (Å²) in [7, 11) is 1.89. The van der Waals surface area contributed by atoms with Crippen LogP contribution in [0.4, 0.5) is 29.2 Å². The SMILES string of the molecule is CN(Cc1ccc(C(=O)Nc2ccccc2N)cc1)c1nc(N)nc(NC2Cc3ccccc3C2)n1. The summed E-state index contributed by atoms with van der Waals surface area (Å²) in [6.07, 6.45) is 1.84. The number of anilines is 5. The Labute approximate surface area is 209 Å². The first-order valence-electron chi connectivity index (χ1n) is 11.8. The smallest absolute Gasteiger partial charge is 0.255 e. The second kappa shape index (κ2) is 9.91. The van der Waals surface area contributed by atoms with E-state index < -0.39 is 0 Å². The highest BCUT2D eigenvalue weighted by Gasteiger charge is 2.22. The Kier molecular flexibility index (Phi) is 6.36. The van der Waals surface area contributed by atoms with Gasteiger partial charge in [0.25, 0.3) is 5.91 Å². The zero-order chi connectivity index (χ0) is 25.1. The fourth-order valence-corrected chi connectivity index (χ4v) is 4.37. The number of hydrogen-bond acceptors (Lipinski definition) is 8. The molecule has 0 fully saturated rings. The molecule has 36 heavy (non-hydrogen) atoms. The molecule has 0 radical (unpaired) electrons. The molecule has 0 spiro atoms. The number of para-hydroxylation sites is 2. The number of amides is 1. The van der Waals surface area contributed by atoms with Crippen LogP contribution < -0.4 is 27.0 Å². The minimum absolute atomic E-state index is 0.164. The number of aromatic nitrogens is 3. The molecule has 1 aliphatic rings. The third kappa shape index (κ3) is 5.20. The third-order valence-electron chi connectivity index (χ3n) is 6.21. The number of nitrogens with zero attached hydrogens (tertiary/aromatic N) is 4. The van der Waals surface area contributed by atoms with E-state index in [0.717, 1.165) is 18.4 Å². The molecule has 4 aromatic rings. The lowest BCUT2D eigenvalue weighted by Gasteiger charge is -2.19. The van der Waals surface area contributed by atoms with E-state index in [-0.39, 0.29) is 17.9 Å². The second-order valence-electron chi connectivity index (χ2n) is 8.93. The molecule has 182 valence electrons. The predicted molar refractivity (Wildman–Crippen MR) is 143 cm³/mol. The highest BCUT2D eigenvalue weighted by atomic mass is 16.1. The monoisotopic (exact) mass is 480 g/mol. The van der Waals surface area contributed by atoms with Crippen LogP contribution in [0.1, 0.15) is 27.0 Å². The van der Waals surface area contributed by atoms with Gasteiger partial charge in [0.2, 0.25) is 17.8 Å². The lowest BCUT2D eigenvalue weighted by molar-refractivity contribution is 0.102. The van der Waals surface area contributed by atoms with Gasteiger partial charge in [-0.1, -0.05) is 48.5 Å². The fraction of sp³-hybridized carbons (Fsp3) is 0.185. The Morgan fingerprint density at radius 1 is 0.917 bits per heavy atom. The highest BCUT2D eigenvalue weighted by molar-refractivity contribution is 6.05. The van der Waals surface area contributed by atoms with Gasteiger partial charge in [-0.3, -0.25) is 4.79 Å². The van der Waals surface area contributed by atoms with Crippen molar-refractivity contribution in [1.82, 2.24) is 15.0 Å². The van der Waals surface area contributed by atoms with Crippen LogP contribution in [0.15, 0.2) is 72.8 Å². The molecule has 1 amide bonds. The molecule has 0 aliphatic heterocycles. The Balaban J connectivity index is 1.22. The van der Waals surface area contributed by atoms with Gasteiger partial charge >= 0.3 is 0 Å². The van der Waals surface area contributed by atoms with Gasteiger partial charge in [-0.15, -0.1) is 0 Å². The molecule has 5 rings (SSSR count). The first-order valence-corrected chi connectivity index (χ1v) is 11.8. The van der Waals surface area contributed by atoms with Gasteiger partial charge in [-0.2, -0.15) is 15.0 Å². The Bertz CT molecular complexity index is 1360. The van der Waals surface area contributed by atoms with Gasteiger partial charge in [0, 0.05) is 25.2 Å². The van der Waals surface area contributed by atoms with E-state index in [9.17, 15) is 4.79 Å². The molecular weight excluding hydrogens is 452 g/mol. The summed E-state index contributed by atoms with van der Waals surface area (Å²) in [5.41, 5.74) is 17.2. The molecule has 0 unspecified atom stereocenters. The Hall–Kier alpha value is -4.66. The van der Waals surface area contributed by atoms with Crippen LogP contribution in [0.25, 0.3) is 0 Å². The number of fused-ring (bicyclic) bond motifs is 1. The zero-order valence-electron chi connectivity index (χ0n) is 20.0. The van der Waals surface area contributed by atoms with Crippen molar-refractivity contribution in [2.75, 3.05) is 34.0 Å². The van der Waals surface area contributed by atoms with Crippen molar-refractivity contribution < 1.29 is 4.79 Å². The summed E-state index contributed by atoms with van der Waals surface area (Å²) in [6, 6.07) is 23.2. The maximum Gasteiger partial charge on any atom is 0.255 e. The normalized spacial score (nSPS) is 12.7. The number of nitrogens with one attached hydrogen (secondary N) is 2. The molecule has 0 saturated heterocycles. The maximum atomic E-state index is 12.6. The highest BCUT2D eigenvalue weighted by Crippen LogP contribution is 2.24. The van der Waals surface area contributed by atoms with E-state index in [4.69, 9.17) is 11.5 Å². The van der Waals surface area contributed by atoms with Crippen molar-refractivity contribution in [1.29, 1.82) is 0 Å². The molecular formula is C27H28N8O. The van der Waals surface area contributed by atoms with Crippen LogP contribution in [-0.4, -0.2) is 33.9 Å². The van der Waals surface area contributed by atoms with Gasteiger partial charge < -0.3 is 27.0 Å². The molecule has 1 aliphatic carbocycles. The second-order valence-corrected chi connectivity index (χ2v) is 8.93. The van der Waals surface area contributed by atoms with Crippen LogP contribution in [0.3, 0.4) is 0 Å². The van der Waals surface area contributed by atoms with E-state index in [0.29, 0.717) is 35.4 Å². The van der Waals surface area contributed by atoms with Gasteiger partial charge in [0.05, 0.1) is 11.4 Å². The molecule has 0 atom stereocenters. The van der Waals surface area contributed by atoms with E-state index in [1.807, 2.05) is 36.2 Å². The summed E-state index contributed by atoms with van der Waals surface area (Å²) < 4.78 is 0. The number of hydrogen-bond donors (Lipinski definition) is 4. The van der Waals surface area contributed by atoms with Crippen molar-refractivity contribution in [2.24, 2.45) is 0 Å². The van der Waals surface area contributed by atoms with Crippen LogP contribution in [0, 0.1) is 0 Å². The van der Waals surface area contributed by atoms with Crippen molar-refractivity contribution in [2.45, 2.75) is 25.4 Å². The van der Waals surface area contributed by atoms with Crippen molar-refractivity contribution in [3.05, 3.63) is 95.1 Å². The summed E-state index contributed by atoms with van der Waals surface area (Å²) in [4.78, 5) is 27.7. The van der Waals surface area contributed by atoms with Gasteiger partial charge in [0.15, 0.2) is 0 Å². The van der Waals surface area contributed by atoms with Crippen LogP contribution in [0.2, 0.25) is 0 Å². The lowest BCUT2D eigenvalue weighted by atomic mass is 10.1. The minimum atomic E-state index is -0.220. The molecule has 1 heterocycles. The maximum absolute atomic E-state index is 12.6. The van der Waals surface area contributed by atoms with E-state index >= 15 is 0 Å². The standard InChI is InChI=1S/C27H28N8O/c1-35(16-17-10-12-18(13-11-17)24(36)31-23-9-5-4-8-22(23)28)27-33-25(29)32-26(34-27)30-21-14-19-6-2-3-7-20(19)15-21/h2-13,21H,14-16,28H2,1H3,(H,31,36)(H3,29,30,32,33,34). The fourth-order valence-electron chi connectivity index (χ4n) is 4.37. The van der Waals surface area contributed by atoms with Gasteiger partial charge in [-0.25, -0.2) is 0 Å². The van der Waals surface area contributed by atoms with Crippen LogP contribution >= 0.6 is 0 Å². The lowest BCUT2D eigenvalue weighted by Crippen LogP contribution is -2.24. The summed E-state index contributed by atoms with van der Waals surface area (Å²) in [5, 5.41) is 6.25. The molecule has 0 bridgehead atoms. The number of rotatable bonds is 7. The Morgan fingerprint density at radius 3 is 2.28 bits per heavy atom. The number of nitrogen functional groups attached to an aromatic ring is 2. The zero-order valence-corrected chi connectivity index (χ0v) is 20.0. The van der Waals surface area contributed by atoms with Crippen molar-refractivity contribution in [3.63, 3.8) is 0 Å². The summed E-state index contributed by atoms with van der Waals surface area (Å²) in [6.45, 7) is 0.533. The number of carbonyl (C=O) groups excluding carboxylic acids is 1. The third-order valence-corrected chi connectivity index (χ3v) is 6.21. The van der Waals surface area contributed by atoms with E-state index in [1.165, 1.54) is 11.1 Å². The molecule has 3 aromatic carbocycles. The van der Waals surface area contributed by atoms with Crippen molar-refractivity contribution >= 4 is 35.1 Å². The van der Waals surface area contributed by atoms with Gasteiger partial charge in [-0.05, 0) is 53.8 Å². The molecule has 9 nitrogen and oxygen atoms in total. The summed E-state index contributed by atoms with van der Waals surface area (Å²) in [5.74, 6) is 0.885. The van der Waals surface area contributed by atoms with Gasteiger partial charge in [0.1, 0.15) is 0 Å². The number of nitrogens with two attached hydrogens (primary N) is 2. The number of benzene rings is 3. The van der Waals surface area contributed by atoms with E-state index in [2.05, 4.69) is 49.9 Å². The minimum Gasteiger partial charge on any atom is -0.397 e. The molecule has 9 heteroatoms.